The van der Waals surface area contributed by atoms with Gasteiger partial charge in [-0.05, 0) is 54.8 Å². The van der Waals surface area contributed by atoms with Gasteiger partial charge in [0.1, 0.15) is 11.6 Å². The van der Waals surface area contributed by atoms with Crippen LogP contribution in [-0.2, 0) is 11.3 Å². The van der Waals surface area contributed by atoms with Crippen molar-refractivity contribution in [2.45, 2.75) is 20.4 Å². The Labute approximate surface area is 174 Å². The molecule has 0 atom stereocenters. The van der Waals surface area contributed by atoms with Crippen LogP contribution >= 0.6 is 0 Å². The molecule has 30 heavy (non-hydrogen) atoms. The third kappa shape index (κ3) is 4.47. The zero-order chi connectivity index (χ0) is 21.7. The van der Waals surface area contributed by atoms with Crippen LogP contribution in [0.25, 0.3) is 11.8 Å². The summed E-state index contributed by atoms with van der Waals surface area (Å²) < 4.78 is 1.93. The lowest BCUT2D eigenvalue weighted by Crippen LogP contribution is -2.23. The molecular formula is C24H20N3O3-. The van der Waals surface area contributed by atoms with Crippen molar-refractivity contribution < 1.29 is 14.7 Å². The number of carbonyl (C=O) groups is 2. The first-order chi connectivity index (χ1) is 14.4. The van der Waals surface area contributed by atoms with Crippen LogP contribution < -0.4 is 10.4 Å². The highest BCUT2D eigenvalue weighted by molar-refractivity contribution is 6.01. The van der Waals surface area contributed by atoms with Gasteiger partial charge in [0.25, 0.3) is 5.91 Å². The molecule has 6 heteroatoms. The summed E-state index contributed by atoms with van der Waals surface area (Å²) in [5.41, 5.74) is 4.30. The number of carboxylic acids is 1. The smallest absolute Gasteiger partial charge is 0.262 e. The number of hydrogen-bond donors (Lipinski definition) is 1. The SMILES string of the molecule is Cc1cc(/C=C(/C#N)C(=O)NCc2ccccc2)c(C)n1-c1ccc(C(=O)[O-])cc1. The number of nitrogens with one attached hydrogen (secondary N) is 1. The number of aryl methyl sites for hydroxylation is 1. The van der Waals surface area contributed by atoms with Gasteiger partial charge in [-0.3, -0.25) is 4.79 Å². The Morgan fingerprint density at radius 3 is 2.37 bits per heavy atom. The Hall–Kier alpha value is -4.11. The van der Waals surface area contributed by atoms with Crippen LogP contribution in [0.3, 0.4) is 0 Å². The van der Waals surface area contributed by atoms with Gasteiger partial charge < -0.3 is 19.8 Å². The fourth-order valence-corrected chi connectivity index (χ4v) is 3.26. The topological polar surface area (TPSA) is 98.0 Å². The van der Waals surface area contributed by atoms with Gasteiger partial charge in [0.15, 0.2) is 0 Å². The van der Waals surface area contributed by atoms with Gasteiger partial charge in [-0.25, -0.2) is 0 Å². The molecule has 0 aliphatic carbocycles. The standard InChI is InChI=1S/C24H21N3O3/c1-16-12-20(17(2)27(16)22-10-8-19(9-11-22)24(29)30)13-21(14-25)23(28)26-15-18-6-4-3-5-7-18/h3-13H,15H2,1-2H3,(H,26,28)(H,29,30)/p-1/b21-13-. The number of carbonyl (C=O) groups excluding carboxylic acids is 2. The van der Waals surface area contributed by atoms with Crippen LogP contribution in [-0.4, -0.2) is 16.4 Å². The predicted octanol–water partition coefficient (Wildman–Crippen LogP) is 2.68. The number of aromatic nitrogens is 1. The molecule has 1 N–H and O–H groups in total. The summed E-state index contributed by atoms with van der Waals surface area (Å²) >= 11 is 0. The lowest BCUT2D eigenvalue weighted by atomic mass is 10.1. The Balaban J connectivity index is 1.85. The molecule has 3 rings (SSSR count). The fraction of sp³-hybridized carbons (Fsp3) is 0.125. The lowest BCUT2D eigenvalue weighted by molar-refractivity contribution is -0.255. The summed E-state index contributed by atoms with van der Waals surface area (Å²) in [6.45, 7) is 4.11. The first kappa shape index (κ1) is 20.6. The van der Waals surface area contributed by atoms with E-state index in [9.17, 15) is 20.0 Å². The lowest BCUT2D eigenvalue weighted by Gasteiger charge is -2.11. The minimum absolute atomic E-state index is 0.0125. The maximum atomic E-state index is 12.5. The van der Waals surface area contributed by atoms with Crippen LogP contribution in [0.2, 0.25) is 0 Å². The molecule has 3 aromatic rings. The highest BCUT2D eigenvalue weighted by Gasteiger charge is 2.14. The summed E-state index contributed by atoms with van der Waals surface area (Å²) in [6, 6.07) is 19.7. The summed E-state index contributed by atoms with van der Waals surface area (Å²) in [7, 11) is 0. The normalized spacial score (nSPS) is 11.0. The average Bonchev–Trinajstić information content (AvgIpc) is 3.03. The molecule has 0 saturated heterocycles. The zero-order valence-corrected chi connectivity index (χ0v) is 16.7. The molecule has 0 unspecified atom stereocenters. The van der Waals surface area contributed by atoms with Crippen LogP contribution in [0.5, 0.6) is 0 Å². The van der Waals surface area contributed by atoms with E-state index in [2.05, 4.69) is 5.32 Å². The zero-order valence-electron chi connectivity index (χ0n) is 16.7. The van der Waals surface area contributed by atoms with E-state index in [4.69, 9.17) is 0 Å². The molecule has 1 heterocycles. The number of carboxylic acid groups (broad SMARTS) is 1. The molecule has 0 fully saturated rings. The number of nitriles is 1. The van der Waals surface area contributed by atoms with E-state index in [-0.39, 0.29) is 11.1 Å². The minimum atomic E-state index is -1.23. The van der Waals surface area contributed by atoms with Crippen molar-refractivity contribution >= 4 is 18.0 Å². The maximum Gasteiger partial charge on any atom is 0.262 e. The molecule has 0 aliphatic heterocycles. The van der Waals surface area contributed by atoms with E-state index in [0.29, 0.717) is 6.54 Å². The molecule has 6 nitrogen and oxygen atoms in total. The molecule has 0 radical (unpaired) electrons. The Morgan fingerprint density at radius 1 is 1.10 bits per heavy atom. The summed E-state index contributed by atoms with van der Waals surface area (Å²) in [5, 5.41) is 23.2. The molecule has 0 saturated carbocycles. The van der Waals surface area contributed by atoms with Gasteiger partial charge in [-0.1, -0.05) is 42.5 Å². The molecule has 0 spiro atoms. The van der Waals surface area contributed by atoms with Crippen LogP contribution in [0.1, 0.15) is 32.9 Å². The van der Waals surface area contributed by atoms with Gasteiger partial charge in [-0.15, -0.1) is 0 Å². The van der Waals surface area contributed by atoms with Crippen molar-refractivity contribution in [3.05, 3.63) is 94.3 Å². The third-order valence-corrected chi connectivity index (χ3v) is 4.79. The van der Waals surface area contributed by atoms with Crippen molar-refractivity contribution in [2.24, 2.45) is 0 Å². The Bertz CT molecular complexity index is 1150. The van der Waals surface area contributed by atoms with Crippen LogP contribution in [0.15, 0.2) is 66.2 Å². The average molecular weight is 398 g/mol. The van der Waals surface area contributed by atoms with Crippen LogP contribution in [0, 0.1) is 25.2 Å². The van der Waals surface area contributed by atoms with Crippen molar-refractivity contribution in [1.82, 2.24) is 9.88 Å². The van der Waals surface area contributed by atoms with E-state index < -0.39 is 11.9 Å². The number of nitrogens with zero attached hydrogens (tertiary/aromatic N) is 2. The minimum Gasteiger partial charge on any atom is -0.545 e. The highest BCUT2D eigenvalue weighted by Crippen LogP contribution is 2.23. The number of aromatic carboxylic acids is 1. The van der Waals surface area contributed by atoms with Crippen molar-refractivity contribution in [1.29, 1.82) is 5.26 Å². The quantitative estimate of drug-likeness (QED) is 0.510. The second-order valence-corrected chi connectivity index (χ2v) is 6.83. The van der Waals surface area contributed by atoms with E-state index >= 15 is 0 Å². The first-order valence-corrected chi connectivity index (χ1v) is 9.35. The number of rotatable bonds is 6. The van der Waals surface area contributed by atoms with Crippen LogP contribution in [0.4, 0.5) is 0 Å². The van der Waals surface area contributed by atoms with E-state index in [1.54, 1.807) is 18.2 Å². The van der Waals surface area contributed by atoms with Gasteiger partial charge >= 0.3 is 0 Å². The fourth-order valence-electron chi connectivity index (χ4n) is 3.26. The Kier molecular flexibility index (Phi) is 6.14. The predicted molar refractivity (Wildman–Crippen MR) is 111 cm³/mol. The molecular weight excluding hydrogens is 378 g/mol. The van der Waals surface area contributed by atoms with Gasteiger partial charge in [0.2, 0.25) is 0 Å². The molecule has 1 aromatic heterocycles. The number of benzene rings is 2. The number of hydrogen-bond acceptors (Lipinski definition) is 4. The Morgan fingerprint density at radius 2 is 1.77 bits per heavy atom. The van der Waals surface area contributed by atoms with Crippen molar-refractivity contribution in [3.8, 4) is 11.8 Å². The first-order valence-electron chi connectivity index (χ1n) is 9.35. The highest BCUT2D eigenvalue weighted by atomic mass is 16.4. The molecule has 0 bridgehead atoms. The molecule has 150 valence electrons. The van der Waals surface area contributed by atoms with E-state index in [1.807, 2.05) is 60.9 Å². The van der Waals surface area contributed by atoms with E-state index in [0.717, 1.165) is 28.2 Å². The van der Waals surface area contributed by atoms with Gasteiger partial charge in [0.05, 0.1) is 5.97 Å². The second-order valence-electron chi connectivity index (χ2n) is 6.83. The van der Waals surface area contributed by atoms with E-state index in [1.165, 1.54) is 12.1 Å². The maximum absolute atomic E-state index is 12.5. The van der Waals surface area contributed by atoms with Gasteiger partial charge in [-0.2, -0.15) is 5.26 Å². The second kappa shape index (κ2) is 8.93. The van der Waals surface area contributed by atoms with Gasteiger partial charge in [0, 0.05) is 23.6 Å². The van der Waals surface area contributed by atoms with Crippen molar-refractivity contribution in [2.75, 3.05) is 0 Å². The summed E-state index contributed by atoms with van der Waals surface area (Å²) in [6.07, 6.45) is 1.56. The molecule has 0 aliphatic rings. The largest absolute Gasteiger partial charge is 0.545 e. The number of amides is 1. The molecule has 1 amide bonds. The monoisotopic (exact) mass is 398 g/mol. The van der Waals surface area contributed by atoms with Crippen molar-refractivity contribution in [3.63, 3.8) is 0 Å². The molecule has 2 aromatic carbocycles. The third-order valence-electron chi connectivity index (χ3n) is 4.79. The summed E-state index contributed by atoms with van der Waals surface area (Å²) in [5.74, 6) is -1.67. The summed E-state index contributed by atoms with van der Waals surface area (Å²) in [4.78, 5) is 23.4.